The fourth-order valence-electron chi connectivity index (χ4n) is 2.01. The summed E-state index contributed by atoms with van der Waals surface area (Å²) in [7, 11) is 0. The third-order valence-electron chi connectivity index (χ3n) is 2.93. The van der Waals surface area contributed by atoms with Crippen molar-refractivity contribution >= 4 is 22.6 Å². The third-order valence-corrected chi connectivity index (χ3v) is 3.16. The van der Waals surface area contributed by atoms with Crippen molar-refractivity contribution in [3.8, 4) is 17.1 Å². The SMILES string of the molecule is Cc1cccc2[nH]c(-c3ccc(Cl)cc3O)nc12. The zero-order chi connectivity index (χ0) is 12.7. The van der Waals surface area contributed by atoms with Gasteiger partial charge < -0.3 is 10.1 Å². The van der Waals surface area contributed by atoms with Crippen LogP contribution in [0.3, 0.4) is 0 Å². The number of hydrogen-bond acceptors (Lipinski definition) is 2. The number of halogens is 1. The maximum atomic E-state index is 9.89. The Labute approximate surface area is 109 Å². The minimum atomic E-state index is 0.124. The first-order chi connectivity index (χ1) is 8.65. The number of phenolic OH excluding ortho intramolecular Hbond substituents is 1. The molecule has 0 aliphatic rings. The molecule has 3 aromatic rings. The van der Waals surface area contributed by atoms with Gasteiger partial charge >= 0.3 is 0 Å². The second-order valence-corrected chi connectivity index (χ2v) is 4.65. The molecule has 90 valence electrons. The third kappa shape index (κ3) is 1.73. The number of hydrogen-bond donors (Lipinski definition) is 2. The van der Waals surface area contributed by atoms with Crippen LogP contribution < -0.4 is 0 Å². The second-order valence-electron chi connectivity index (χ2n) is 4.22. The van der Waals surface area contributed by atoms with Gasteiger partial charge in [-0.2, -0.15) is 0 Å². The molecular weight excluding hydrogens is 248 g/mol. The molecule has 0 radical (unpaired) electrons. The molecule has 0 unspecified atom stereocenters. The molecule has 0 saturated carbocycles. The van der Waals surface area contributed by atoms with Crippen LogP contribution in [-0.4, -0.2) is 15.1 Å². The van der Waals surface area contributed by atoms with Gasteiger partial charge in [0.1, 0.15) is 11.6 Å². The van der Waals surface area contributed by atoms with Crippen LogP contribution in [0, 0.1) is 6.92 Å². The van der Waals surface area contributed by atoms with Crippen molar-refractivity contribution in [1.29, 1.82) is 0 Å². The summed E-state index contributed by atoms with van der Waals surface area (Å²) < 4.78 is 0. The normalized spacial score (nSPS) is 11.0. The molecular formula is C14H11ClN2O. The predicted octanol–water partition coefficient (Wildman–Crippen LogP) is 3.90. The highest BCUT2D eigenvalue weighted by Gasteiger charge is 2.10. The van der Waals surface area contributed by atoms with Crippen molar-refractivity contribution in [3.63, 3.8) is 0 Å². The Morgan fingerprint density at radius 3 is 2.78 bits per heavy atom. The van der Waals surface area contributed by atoms with Crippen LogP contribution in [0.4, 0.5) is 0 Å². The molecule has 18 heavy (non-hydrogen) atoms. The number of aromatic nitrogens is 2. The quantitative estimate of drug-likeness (QED) is 0.695. The van der Waals surface area contributed by atoms with E-state index in [0.29, 0.717) is 16.4 Å². The highest BCUT2D eigenvalue weighted by molar-refractivity contribution is 6.30. The van der Waals surface area contributed by atoms with Gasteiger partial charge in [-0.05, 0) is 36.8 Å². The van der Waals surface area contributed by atoms with Gasteiger partial charge in [0.15, 0.2) is 0 Å². The minimum Gasteiger partial charge on any atom is -0.507 e. The van der Waals surface area contributed by atoms with E-state index in [4.69, 9.17) is 11.6 Å². The van der Waals surface area contributed by atoms with E-state index >= 15 is 0 Å². The zero-order valence-corrected chi connectivity index (χ0v) is 10.5. The van der Waals surface area contributed by atoms with Gasteiger partial charge in [-0.3, -0.25) is 0 Å². The monoisotopic (exact) mass is 258 g/mol. The molecule has 2 N–H and O–H groups in total. The topological polar surface area (TPSA) is 48.9 Å². The fourth-order valence-corrected chi connectivity index (χ4v) is 2.17. The van der Waals surface area contributed by atoms with E-state index in [1.807, 2.05) is 25.1 Å². The van der Waals surface area contributed by atoms with Crippen LogP contribution in [0.25, 0.3) is 22.4 Å². The smallest absolute Gasteiger partial charge is 0.142 e. The molecule has 4 heteroatoms. The minimum absolute atomic E-state index is 0.124. The highest BCUT2D eigenvalue weighted by Crippen LogP contribution is 2.31. The van der Waals surface area contributed by atoms with Crippen LogP contribution >= 0.6 is 11.6 Å². The van der Waals surface area contributed by atoms with Crippen LogP contribution in [-0.2, 0) is 0 Å². The second kappa shape index (κ2) is 4.03. The van der Waals surface area contributed by atoms with Crippen molar-refractivity contribution in [2.45, 2.75) is 6.92 Å². The number of para-hydroxylation sites is 1. The maximum Gasteiger partial charge on any atom is 0.142 e. The van der Waals surface area contributed by atoms with Gasteiger partial charge in [-0.15, -0.1) is 0 Å². The molecule has 0 amide bonds. The Bertz CT molecular complexity index is 734. The number of rotatable bonds is 1. The number of phenols is 1. The van der Waals surface area contributed by atoms with E-state index in [-0.39, 0.29) is 5.75 Å². The first-order valence-corrected chi connectivity index (χ1v) is 5.97. The lowest BCUT2D eigenvalue weighted by atomic mass is 10.2. The van der Waals surface area contributed by atoms with Crippen LogP contribution in [0.5, 0.6) is 5.75 Å². The first kappa shape index (κ1) is 11.1. The van der Waals surface area contributed by atoms with Gasteiger partial charge in [0.2, 0.25) is 0 Å². The van der Waals surface area contributed by atoms with Crippen molar-refractivity contribution < 1.29 is 5.11 Å². The lowest BCUT2D eigenvalue weighted by Crippen LogP contribution is -1.81. The molecule has 0 fully saturated rings. The van der Waals surface area contributed by atoms with Gasteiger partial charge in [0, 0.05) is 5.02 Å². The number of nitrogens with zero attached hydrogens (tertiary/aromatic N) is 1. The average Bonchev–Trinajstić information content (AvgIpc) is 2.74. The predicted molar refractivity (Wildman–Crippen MR) is 72.9 cm³/mol. The molecule has 0 atom stereocenters. The first-order valence-electron chi connectivity index (χ1n) is 5.59. The van der Waals surface area contributed by atoms with Gasteiger partial charge in [0.25, 0.3) is 0 Å². The maximum absolute atomic E-state index is 9.89. The molecule has 3 nitrogen and oxygen atoms in total. The van der Waals surface area contributed by atoms with E-state index in [2.05, 4.69) is 9.97 Å². The summed E-state index contributed by atoms with van der Waals surface area (Å²) in [6.07, 6.45) is 0. The number of fused-ring (bicyclic) bond motifs is 1. The lowest BCUT2D eigenvalue weighted by Gasteiger charge is -2.00. The largest absolute Gasteiger partial charge is 0.507 e. The summed E-state index contributed by atoms with van der Waals surface area (Å²) >= 11 is 5.82. The van der Waals surface area contributed by atoms with Crippen LogP contribution in [0.1, 0.15) is 5.56 Å². The zero-order valence-electron chi connectivity index (χ0n) is 9.74. The summed E-state index contributed by atoms with van der Waals surface area (Å²) in [5.74, 6) is 0.771. The Hall–Kier alpha value is -2.00. The van der Waals surface area contributed by atoms with E-state index < -0.39 is 0 Å². The average molecular weight is 259 g/mol. The Balaban J connectivity index is 2.23. The molecule has 1 aromatic heterocycles. The van der Waals surface area contributed by atoms with Crippen molar-refractivity contribution in [2.75, 3.05) is 0 Å². The molecule has 0 aliphatic heterocycles. The van der Waals surface area contributed by atoms with Crippen LogP contribution in [0.15, 0.2) is 36.4 Å². The number of benzene rings is 2. The van der Waals surface area contributed by atoms with Gasteiger partial charge in [0.05, 0.1) is 16.6 Å². The molecule has 0 saturated heterocycles. The summed E-state index contributed by atoms with van der Waals surface area (Å²) in [4.78, 5) is 7.71. The van der Waals surface area contributed by atoms with E-state index in [9.17, 15) is 5.11 Å². The van der Waals surface area contributed by atoms with E-state index in [0.717, 1.165) is 16.6 Å². The Morgan fingerprint density at radius 1 is 1.22 bits per heavy atom. The molecule has 2 aromatic carbocycles. The highest BCUT2D eigenvalue weighted by atomic mass is 35.5. The van der Waals surface area contributed by atoms with Crippen molar-refractivity contribution in [1.82, 2.24) is 9.97 Å². The van der Waals surface area contributed by atoms with Crippen LogP contribution in [0.2, 0.25) is 5.02 Å². The summed E-state index contributed by atoms with van der Waals surface area (Å²) in [5, 5.41) is 10.4. The van der Waals surface area contributed by atoms with Gasteiger partial charge in [-0.1, -0.05) is 23.7 Å². The molecule has 0 bridgehead atoms. The van der Waals surface area contributed by atoms with Crippen molar-refractivity contribution in [3.05, 3.63) is 47.0 Å². The molecule has 1 heterocycles. The number of nitrogens with one attached hydrogen (secondary N) is 1. The summed E-state index contributed by atoms with van der Waals surface area (Å²) in [6, 6.07) is 10.9. The summed E-state index contributed by atoms with van der Waals surface area (Å²) in [5.41, 5.74) is 3.62. The fraction of sp³-hybridized carbons (Fsp3) is 0.0714. The van der Waals surface area contributed by atoms with Crippen molar-refractivity contribution in [2.24, 2.45) is 0 Å². The standard InChI is InChI=1S/C14H11ClN2O/c1-8-3-2-4-11-13(8)17-14(16-11)10-6-5-9(15)7-12(10)18/h2-7,18H,1H3,(H,16,17). The number of H-pyrrole nitrogens is 1. The molecule has 0 spiro atoms. The number of aromatic amines is 1. The van der Waals surface area contributed by atoms with E-state index in [1.54, 1.807) is 12.1 Å². The molecule has 0 aliphatic carbocycles. The summed E-state index contributed by atoms with van der Waals surface area (Å²) in [6.45, 7) is 2.01. The number of aromatic hydroxyl groups is 1. The number of imidazole rings is 1. The molecule has 3 rings (SSSR count). The number of aryl methyl sites for hydroxylation is 1. The van der Waals surface area contributed by atoms with E-state index in [1.165, 1.54) is 6.07 Å². The van der Waals surface area contributed by atoms with Gasteiger partial charge in [-0.25, -0.2) is 4.98 Å². The Kier molecular flexibility index (Phi) is 2.49. The Morgan fingerprint density at radius 2 is 2.06 bits per heavy atom. The lowest BCUT2D eigenvalue weighted by molar-refractivity contribution is 0.477.